The molecule has 0 radical (unpaired) electrons. The third-order valence-electron chi connectivity index (χ3n) is 3.99. The van der Waals surface area contributed by atoms with Gasteiger partial charge in [0.05, 0.1) is 4.99 Å². The first-order chi connectivity index (χ1) is 10.1. The van der Waals surface area contributed by atoms with Crippen molar-refractivity contribution in [2.45, 2.75) is 18.8 Å². The summed E-state index contributed by atoms with van der Waals surface area (Å²) in [5.41, 5.74) is 6.68. The smallest absolute Gasteiger partial charge is 0.236 e. The Morgan fingerprint density at radius 2 is 2.00 bits per heavy atom. The van der Waals surface area contributed by atoms with Gasteiger partial charge in [-0.05, 0) is 24.3 Å². The van der Waals surface area contributed by atoms with Gasteiger partial charge in [0.2, 0.25) is 5.91 Å². The highest BCUT2D eigenvalue weighted by Gasteiger charge is 2.30. The second-order valence-electron chi connectivity index (χ2n) is 5.47. The number of amides is 1. The zero-order valence-corrected chi connectivity index (χ0v) is 13.1. The number of hydrogen-bond donors (Lipinski definition) is 1. The van der Waals surface area contributed by atoms with Crippen molar-refractivity contribution < 1.29 is 9.53 Å². The Morgan fingerprint density at radius 1 is 1.38 bits per heavy atom. The third-order valence-corrected chi connectivity index (χ3v) is 4.23. The maximum atomic E-state index is 12.7. The molecule has 0 aliphatic carbocycles. The van der Waals surface area contributed by atoms with Crippen molar-refractivity contribution in [3.63, 3.8) is 0 Å². The Morgan fingerprint density at radius 3 is 2.52 bits per heavy atom. The van der Waals surface area contributed by atoms with Crippen molar-refractivity contribution >= 4 is 23.1 Å². The van der Waals surface area contributed by atoms with Gasteiger partial charge < -0.3 is 15.4 Å². The molecule has 1 heterocycles. The van der Waals surface area contributed by atoms with Crippen LogP contribution in [0.4, 0.5) is 0 Å². The Kier molecular flexibility index (Phi) is 5.70. The largest absolute Gasteiger partial charge is 0.392 e. The fourth-order valence-corrected chi connectivity index (χ4v) is 3.05. The Hall–Kier alpha value is -1.46. The zero-order valence-electron chi connectivity index (χ0n) is 12.3. The standard InChI is InChI=1S/C16H22N2O2S/c1-20-11-12-7-9-18(10-8-12)16(19)14(15(17)21)13-5-3-2-4-6-13/h2-6,12,14H,7-11H2,1H3,(H2,17,21). The van der Waals surface area contributed by atoms with Crippen LogP contribution in [-0.2, 0) is 9.53 Å². The summed E-state index contributed by atoms with van der Waals surface area (Å²) in [6.45, 7) is 2.26. The van der Waals surface area contributed by atoms with E-state index in [4.69, 9.17) is 22.7 Å². The average Bonchev–Trinajstić information content (AvgIpc) is 2.49. The molecule has 2 rings (SSSR count). The van der Waals surface area contributed by atoms with E-state index in [0.29, 0.717) is 5.92 Å². The van der Waals surface area contributed by atoms with Crippen LogP contribution < -0.4 is 5.73 Å². The number of nitrogens with zero attached hydrogens (tertiary/aromatic N) is 1. The molecule has 0 spiro atoms. The van der Waals surface area contributed by atoms with Crippen molar-refractivity contribution in [1.29, 1.82) is 0 Å². The minimum atomic E-state index is -0.514. The molecule has 1 amide bonds. The predicted octanol–water partition coefficient (Wildman–Crippen LogP) is 1.94. The molecule has 0 aromatic heterocycles. The van der Waals surface area contributed by atoms with Crippen molar-refractivity contribution in [1.82, 2.24) is 4.90 Å². The highest BCUT2D eigenvalue weighted by molar-refractivity contribution is 7.80. The number of piperidine rings is 1. The molecule has 1 atom stereocenters. The lowest BCUT2D eigenvalue weighted by Gasteiger charge is -2.34. The van der Waals surface area contributed by atoms with Gasteiger partial charge in [0.25, 0.3) is 0 Å². The highest BCUT2D eigenvalue weighted by Crippen LogP contribution is 2.23. The molecule has 21 heavy (non-hydrogen) atoms. The maximum absolute atomic E-state index is 12.7. The Balaban J connectivity index is 2.05. The quantitative estimate of drug-likeness (QED) is 0.845. The van der Waals surface area contributed by atoms with Crippen molar-refractivity contribution in [2.24, 2.45) is 11.7 Å². The molecule has 4 nitrogen and oxygen atoms in total. The highest BCUT2D eigenvalue weighted by atomic mass is 32.1. The summed E-state index contributed by atoms with van der Waals surface area (Å²) in [6.07, 6.45) is 1.94. The summed E-state index contributed by atoms with van der Waals surface area (Å²) in [7, 11) is 1.72. The van der Waals surface area contributed by atoms with E-state index in [0.717, 1.165) is 38.1 Å². The average molecular weight is 306 g/mol. The number of ether oxygens (including phenoxy) is 1. The fourth-order valence-electron chi connectivity index (χ4n) is 2.81. The van der Waals surface area contributed by atoms with E-state index in [1.54, 1.807) is 7.11 Å². The summed E-state index contributed by atoms with van der Waals surface area (Å²) < 4.78 is 5.19. The van der Waals surface area contributed by atoms with Crippen LogP contribution in [0.25, 0.3) is 0 Å². The second-order valence-corrected chi connectivity index (χ2v) is 5.94. The summed E-state index contributed by atoms with van der Waals surface area (Å²) in [5.74, 6) is 0.0452. The zero-order chi connectivity index (χ0) is 15.2. The second kappa shape index (κ2) is 7.52. The lowest BCUT2D eigenvalue weighted by molar-refractivity contribution is -0.132. The number of methoxy groups -OCH3 is 1. The van der Waals surface area contributed by atoms with E-state index >= 15 is 0 Å². The van der Waals surface area contributed by atoms with E-state index in [1.165, 1.54) is 0 Å². The van der Waals surface area contributed by atoms with Crippen LogP contribution >= 0.6 is 12.2 Å². The van der Waals surface area contributed by atoms with E-state index in [-0.39, 0.29) is 10.9 Å². The van der Waals surface area contributed by atoms with E-state index in [9.17, 15) is 4.79 Å². The first kappa shape index (κ1) is 15.9. The van der Waals surface area contributed by atoms with Gasteiger partial charge in [-0.1, -0.05) is 42.5 Å². The summed E-state index contributed by atoms with van der Waals surface area (Å²) in [6, 6.07) is 9.52. The number of carbonyl (C=O) groups excluding carboxylic acids is 1. The Labute approximate surface area is 131 Å². The number of nitrogens with two attached hydrogens (primary N) is 1. The number of rotatable bonds is 5. The number of thiocarbonyl (C=S) groups is 1. The van der Waals surface area contributed by atoms with Crippen molar-refractivity contribution in [2.75, 3.05) is 26.8 Å². The van der Waals surface area contributed by atoms with Crippen LogP contribution in [-0.4, -0.2) is 42.6 Å². The molecule has 0 saturated carbocycles. The van der Waals surface area contributed by atoms with Gasteiger partial charge in [0.1, 0.15) is 5.92 Å². The lowest BCUT2D eigenvalue weighted by atomic mass is 9.93. The number of likely N-dealkylation sites (tertiary alicyclic amines) is 1. The number of benzene rings is 1. The molecule has 1 aliphatic rings. The normalized spacial score (nSPS) is 17.5. The van der Waals surface area contributed by atoms with Gasteiger partial charge in [-0.15, -0.1) is 0 Å². The van der Waals surface area contributed by atoms with Gasteiger partial charge in [-0.3, -0.25) is 4.79 Å². The molecule has 1 fully saturated rings. The molecule has 5 heteroatoms. The minimum Gasteiger partial charge on any atom is -0.392 e. The van der Waals surface area contributed by atoms with Gasteiger partial charge in [-0.2, -0.15) is 0 Å². The van der Waals surface area contributed by atoms with E-state index in [1.807, 2.05) is 35.2 Å². The van der Waals surface area contributed by atoms with Gasteiger partial charge in [0, 0.05) is 26.8 Å². The molecule has 1 aliphatic heterocycles. The van der Waals surface area contributed by atoms with Crippen LogP contribution in [0, 0.1) is 5.92 Å². The van der Waals surface area contributed by atoms with Gasteiger partial charge >= 0.3 is 0 Å². The maximum Gasteiger partial charge on any atom is 0.236 e. The summed E-state index contributed by atoms with van der Waals surface area (Å²) in [4.78, 5) is 14.9. The summed E-state index contributed by atoms with van der Waals surface area (Å²) >= 11 is 5.12. The molecule has 1 aromatic carbocycles. The van der Waals surface area contributed by atoms with Gasteiger partial charge in [-0.25, -0.2) is 0 Å². The molecular weight excluding hydrogens is 284 g/mol. The SMILES string of the molecule is COCC1CCN(C(=O)C(C(N)=S)c2ccccc2)CC1. The molecule has 1 saturated heterocycles. The predicted molar refractivity (Wildman–Crippen MR) is 87.1 cm³/mol. The van der Waals surface area contributed by atoms with Crippen LogP contribution in [0.1, 0.15) is 24.3 Å². The lowest BCUT2D eigenvalue weighted by Crippen LogP contribution is -2.44. The molecule has 1 aromatic rings. The molecular formula is C16H22N2O2S. The van der Waals surface area contributed by atoms with E-state index < -0.39 is 5.92 Å². The first-order valence-corrected chi connectivity index (χ1v) is 7.66. The van der Waals surface area contributed by atoms with Crippen molar-refractivity contribution in [3.05, 3.63) is 35.9 Å². The van der Waals surface area contributed by atoms with Gasteiger partial charge in [0.15, 0.2) is 0 Å². The van der Waals surface area contributed by atoms with Crippen LogP contribution in [0.3, 0.4) is 0 Å². The molecule has 2 N–H and O–H groups in total. The monoisotopic (exact) mass is 306 g/mol. The molecule has 1 unspecified atom stereocenters. The minimum absolute atomic E-state index is 0.0181. The van der Waals surface area contributed by atoms with E-state index in [2.05, 4.69) is 0 Å². The van der Waals surface area contributed by atoms with Crippen molar-refractivity contribution in [3.8, 4) is 0 Å². The first-order valence-electron chi connectivity index (χ1n) is 7.25. The Bertz CT molecular complexity index is 484. The topological polar surface area (TPSA) is 55.6 Å². The molecule has 0 bridgehead atoms. The summed E-state index contributed by atoms with van der Waals surface area (Å²) in [5, 5.41) is 0. The van der Waals surface area contributed by atoms with Crippen LogP contribution in [0.15, 0.2) is 30.3 Å². The fraction of sp³-hybridized carbons (Fsp3) is 0.500. The van der Waals surface area contributed by atoms with Crippen LogP contribution in [0.2, 0.25) is 0 Å². The van der Waals surface area contributed by atoms with Crippen LogP contribution in [0.5, 0.6) is 0 Å². The number of hydrogen-bond acceptors (Lipinski definition) is 3. The number of carbonyl (C=O) groups is 1. The molecule has 114 valence electrons. The third kappa shape index (κ3) is 4.02.